The number of nitrogens with zero attached hydrogens (tertiary/aromatic N) is 3. The molecule has 1 aromatic rings. The summed E-state index contributed by atoms with van der Waals surface area (Å²) in [6, 6.07) is 7.84. The predicted octanol–water partition coefficient (Wildman–Crippen LogP) is 2.38. The van der Waals surface area contributed by atoms with Gasteiger partial charge in [0.25, 0.3) is 0 Å². The summed E-state index contributed by atoms with van der Waals surface area (Å²) in [5.74, 6) is -2.49. The van der Waals surface area contributed by atoms with Gasteiger partial charge in [0.05, 0.1) is 30.6 Å². The SMILES string of the molecule is CC(C)[C@H](CO)N1C(=O)[C@@H]2[C@H]3C(=O)N(c4ccccc4)CC=C[C@H]3O[C@@]23C=CCN(C(C)(C)C)C(=O)C13. The molecule has 0 radical (unpaired) electrons. The first-order valence-electron chi connectivity index (χ1n) is 13.2. The van der Waals surface area contributed by atoms with Gasteiger partial charge in [-0.15, -0.1) is 0 Å². The molecule has 37 heavy (non-hydrogen) atoms. The van der Waals surface area contributed by atoms with Gasteiger partial charge in [-0.25, -0.2) is 0 Å². The number of aliphatic hydroxyl groups is 1. The summed E-state index contributed by atoms with van der Waals surface area (Å²) in [4.78, 5) is 47.7. The number of likely N-dealkylation sites (tertiary alicyclic amines) is 1. The summed E-state index contributed by atoms with van der Waals surface area (Å²) < 4.78 is 6.69. The minimum absolute atomic E-state index is 0.103. The molecule has 1 spiro atoms. The van der Waals surface area contributed by atoms with Crippen LogP contribution in [0.1, 0.15) is 34.6 Å². The topological polar surface area (TPSA) is 90.4 Å². The van der Waals surface area contributed by atoms with Crippen LogP contribution in [0.3, 0.4) is 0 Å². The third-order valence-corrected chi connectivity index (χ3v) is 8.29. The Hall–Kier alpha value is -2.97. The Morgan fingerprint density at radius 2 is 1.73 bits per heavy atom. The number of para-hydroxylation sites is 1. The van der Waals surface area contributed by atoms with Crippen LogP contribution in [0, 0.1) is 17.8 Å². The number of carbonyl (C=O) groups excluding carboxylic acids is 3. The number of ether oxygens (including phenoxy) is 1. The molecule has 4 aliphatic heterocycles. The van der Waals surface area contributed by atoms with Gasteiger partial charge in [0.1, 0.15) is 11.6 Å². The summed E-state index contributed by atoms with van der Waals surface area (Å²) in [5, 5.41) is 10.4. The van der Waals surface area contributed by atoms with Crippen LogP contribution in [0.4, 0.5) is 5.69 Å². The summed E-state index contributed by atoms with van der Waals surface area (Å²) in [7, 11) is 0. The highest BCUT2D eigenvalue weighted by molar-refractivity contribution is 6.04. The van der Waals surface area contributed by atoms with E-state index in [9.17, 15) is 19.5 Å². The number of hydrogen-bond acceptors (Lipinski definition) is 5. The van der Waals surface area contributed by atoms with Crippen LogP contribution >= 0.6 is 0 Å². The van der Waals surface area contributed by atoms with Crippen LogP contribution in [0.5, 0.6) is 0 Å². The number of aliphatic hydroxyl groups excluding tert-OH is 1. The molecule has 4 aliphatic rings. The summed E-state index contributed by atoms with van der Waals surface area (Å²) in [6.45, 7) is 10.2. The van der Waals surface area contributed by atoms with E-state index >= 15 is 0 Å². The minimum atomic E-state index is -1.30. The molecule has 1 aromatic carbocycles. The fraction of sp³-hybridized carbons (Fsp3) is 0.552. The lowest BCUT2D eigenvalue weighted by atomic mass is 9.77. The number of fused-ring (bicyclic) bond motifs is 2. The molecule has 8 heteroatoms. The van der Waals surface area contributed by atoms with Gasteiger partial charge in [-0.05, 0) is 38.8 Å². The van der Waals surface area contributed by atoms with E-state index in [-0.39, 0.29) is 30.2 Å². The van der Waals surface area contributed by atoms with E-state index in [4.69, 9.17) is 4.74 Å². The van der Waals surface area contributed by atoms with Crippen molar-refractivity contribution in [1.29, 1.82) is 0 Å². The number of benzene rings is 1. The zero-order chi connectivity index (χ0) is 26.7. The molecule has 0 saturated carbocycles. The van der Waals surface area contributed by atoms with E-state index in [0.717, 1.165) is 5.69 Å². The van der Waals surface area contributed by atoms with E-state index < -0.39 is 41.2 Å². The number of hydrogen-bond donors (Lipinski definition) is 1. The van der Waals surface area contributed by atoms with Gasteiger partial charge >= 0.3 is 0 Å². The molecule has 6 atom stereocenters. The van der Waals surface area contributed by atoms with Crippen molar-refractivity contribution in [3.63, 3.8) is 0 Å². The van der Waals surface area contributed by atoms with Crippen LogP contribution < -0.4 is 4.90 Å². The zero-order valence-corrected chi connectivity index (χ0v) is 22.2. The van der Waals surface area contributed by atoms with Crippen LogP contribution in [0.2, 0.25) is 0 Å². The molecule has 2 saturated heterocycles. The second-order valence-electron chi connectivity index (χ2n) is 11.8. The second kappa shape index (κ2) is 9.10. The first-order valence-corrected chi connectivity index (χ1v) is 13.2. The summed E-state index contributed by atoms with van der Waals surface area (Å²) >= 11 is 0. The maximum absolute atomic E-state index is 14.4. The van der Waals surface area contributed by atoms with E-state index in [2.05, 4.69) is 0 Å². The molecule has 0 bridgehead atoms. The number of anilines is 1. The Labute approximate surface area is 218 Å². The first-order chi connectivity index (χ1) is 17.5. The number of amides is 3. The lowest BCUT2D eigenvalue weighted by Crippen LogP contribution is -2.61. The van der Waals surface area contributed by atoms with E-state index in [0.29, 0.717) is 13.1 Å². The minimum Gasteiger partial charge on any atom is -0.394 e. The molecule has 1 N–H and O–H groups in total. The molecule has 0 aliphatic carbocycles. The van der Waals surface area contributed by atoms with Crippen molar-refractivity contribution < 1.29 is 24.2 Å². The largest absolute Gasteiger partial charge is 0.394 e. The van der Waals surface area contributed by atoms with Crippen molar-refractivity contribution in [3.05, 3.63) is 54.6 Å². The monoisotopic (exact) mass is 507 g/mol. The number of rotatable bonds is 4. The summed E-state index contributed by atoms with van der Waals surface area (Å²) in [6.07, 6.45) is 6.87. The normalized spacial score (nSPS) is 32.4. The maximum Gasteiger partial charge on any atom is 0.249 e. The van der Waals surface area contributed by atoms with E-state index in [1.54, 1.807) is 9.80 Å². The van der Waals surface area contributed by atoms with Crippen molar-refractivity contribution in [2.45, 2.75) is 63.9 Å². The van der Waals surface area contributed by atoms with Gasteiger partial charge in [0.15, 0.2) is 0 Å². The fourth-order valence-electron chi connectivity index (χ4n) is 6.50. The van der Waals surface area contributed by atoms with Crippen molar-refractivity contribution in [2.24, 2.45) is 17.8 Å². The molecule has 1 unspecified atom stereocenters. The fourth-order valence-corrected chi connectivity index (χ4v) is 6.50. The third kappa shape index (κ3) is 3.84. The average Bonchev–Trinajstić information content (AvgIpc) is 3.14. The molecule has 8 nitrogen and oxygen atoms in total. The Balaban J connectivity index is 1.65. The molecular formula is C29H37N3O5. The van der Waals surface area contributed by atoms with Gasteiger partial charge < -0.3 is 24.5 Å². The molecule has 0 aromatic heterocycles. The highest BCUT2D eigenvalue weighted by atomic mass is 16.5. The summed E-state index contributed by atoms with van der Waals surface area (Å²) in [5.41, 5.74) is -1.04. The smallest absolute Gasteiger partial charge is 0.249 e. The lowest BCUT2D eigenvalue weighted by molar-refractivity contribution is -0.154. The van der Waals surface area contributed by atoms with Gasteiger partial charge in [-0.3, -0.25) is 14.4 Å². The van der Waals surface area contributed by atoms with Crippen LogP contribution in [0.15, 0.2) is 54.6 Å². The molecule has 198 valence electrons. The van der Waals surface area contributed by atoms with Gasteiger partial charge in [0.2, 0.25) is 17.7 Å². The quantitative estimate of drug-likeness (QED) is 0.632. The van der Waals surface area contributed by atoms with Crippen LogP contribution in [-0.4, -0.2) is 81.7 Å². The Morgan fingerprint density at radius 1 is 1.03 bits per heavy atom. The lowest BCUT2D eigenvalue weighted by Gasteiger charge is -2.42. The predicted molar refractivity (Wildman–Crippen MR) is 139 cm³/mol. The number of carbonyl (C=O) groups is 3. The van der Waals surface area contributed by atoms with Gasteiger partial charge in [-0.2, -0.15) is 0 Å². The van der Waals surface area contributed by atoms with Gasteiger partial charge in [-0.1, -0.05) is 56.4 Å². The molecule has 4 heterocycles. The molecular weight excluding hydrogens is 470 g/mol. The van der Waals surface area contributed by atoms with Crippen LogP contribution in [-0.2, 0) is 19.1 Å². The molecule has 3 amide bonds. The van der Waals surface area contributed by atoms with Crippen molar-refractivity contribution in [2.75, 3.05) is 24.6 Å². The van der Waals surface area contributed by atoms with Crippen molar-refractivity contribution in [1.82, 2.24) is 9.80 Å². The Bertz CT molecular complexity index is 1140. The second-order valence-corrected chi connectivity index (χ2v) is 11.8. The van der Waals surface area contributed by atoms with Crippen molar-refractivity contribution in [3.8, 4) is 0 Å². The standard InChI is InChI=1S/C29H37N3O5/c1-18(2)20(17-33)32-24-27(36)31(28(3,4)5)16-10-14-29(24)23(26(32)35)22-21(37-29)13-9-15-30(25(22)34)19-11-7-6-8-12-19/h6-14,18,20-24,33H,15-17H2,1-5H3/t20-,21+,22-,23-,24?,29-/m0/s1. The van der Waals surface area contributed by atoms with Crippen LogP contribution in [0.25, 0.3) is 0 Å². The zero-order valence-electron chi connectivity index (χ0n) is 22.2. The average molecular weight is 508 g/mol. The maximum atomic E-state index is 14.4. The Morgan fingerprint density at radius 3 is 2.35 bits per heavy atom. The highest BCUT2D eigenvalue weighted by Crippen LogP contribution is 2.54. The highest BCUT2D eigenvalue weighted by Gasteiger charge is 2.73. The molecule has 2 fully saturated rings. The van der Waals surface area contributed by atoms with Gasteiger partial charge in [0, 0.05) is 24.3 Å². The van der Waals surface area contributed by atoms with E-state index in [1.807, 2.05) is 89.3 Å². The Kier molecular flexibility index (Phi) is 6.31. The molecule has 5 rings (SSSR count). The first kappa shape index (κ1) is 25.7. The third-order valence-electron chi connectivity index (χ3n) is 8.29. The van der Waals surface area contributed by atoms with E-state index in [1.165, 1.54) is 4.90 Å². The van der Waals surface area contributed by atoms with Crippen molar-refractivity contribution >= 4 is 23.4 Å².